The number of carboxylic acids is 1. The lowest BCUT2D eigenvalue weighted by molar-refractivity contribution is 0.0697. The molecule has 3 rings (SSSR count). The topological polar surface area (TPSA) is 46.5 Å². The number of carbonyl (C=O) groups is 1. The Labute approximate surface area is 164 Å². The predicted octanol–water partition coefficient (Wildman–Crippen LogP) is 6.24. The summed E-state index contributed by atoms with van der Waals surface area (Å²) >= 11 is 0. The van der Waals surface area contributed by atoms with Crippen LogP contribution in [0.15, 0.2) is 72.8 Å². The van der Waals surface area contributed by atoms with Gasteiger partial charge in [-0.15, -0.1) is 0 Å². The van der Waals surface area contributed by atoms with Crippen LogP contribution in [0, 0.1) is 0 Å². The van der Waals surface area contributed by atoms with Gasteiger partial charge in [-0.3, -0.25) is 4.39 Å². The average Bonchev–Trinajstić information content (AvgIpc) is 2.74. The quantitative estimate of drug-likeness (QED) is 0.449. The zero-order chi connectivity index (χ0) is 19.8. The molecule has 0 aliphatic heterocycles. The Morgan fingerprint density at radius 3 is 1.64 bits per heavy atom. The molecule has 0 radical (unpaired) electrons. The van der Waals surface area contributed by atoms with Crippen molar-refractivity contribution in [2.45, 2.75) is 19.3 Å². The van der Waals surface area contributed by atoms with Crippen molar-refractivity contribution in [1.29, 1.82) is 0 Å². The zero-order valence-electron chi connectivity index (χ0n) is 15.6. The van der Waals surface area contributed by atoms with Gasteiger partial charge in [-0.1, -0.05) is 48.5 Å². The summed E-state index contributed by atoms with van der Waals surface area (Å²) in [6.45, 7) is 0.343. The van der Waals surface area contributed by atoms with Gasteiger partial charge in [0.25, 0.3) is 0 Å². The average molecular weight is 378 g/mol. The van der Waals surface area contributed by atoms with Crippen molar-refractivity contribution in [3.8, 4) is 28.0 Å². The molecule has 3 nitrogen and oxygen atoms in total. The van der Waals surface area contributed by atoms with E-state index in [2.05, 4.69) is 0 Å². The molecule has 0 bridgehead atoms. The second kappa shape index (κ2) is 9.70. The minimum absolute atomic E-state index is 0.263. The standard InChI is InChI=1S/C24H23FO3/c25-16-2-1-3-17-28-23-14-12-21(13-15-23)19-6-4-18(5-7-19)20-8-10-22(11-9-20)24(26)27/h4-15H,1-3,16-17H2,(H,26,27). The molecule has 0 aliphatic rings. The maximum Gasteiger partial charge on any atom is 0.335 e. The van der Waals surface area contributed by atoms with Crippen molar-refractivity contribution in [1.82, 2.24) is 0 Å². The lowest BCUT2D eigenvalue weighted by atomic mass is 9.99. The van der Waals surface area contributed by atoms with Crippen LogP contribution >= 0.6 is 0 Å². The zero-order valence-corrected chi connectivity index (χ0v) is 15.6. The van der Waals surface area contributed by atoms with Crippen LogP contribution in [0.3, 0.4) is 0 Å². The fraction of sp³-hybridized carbons (Fsp3) is 0.208. The number of alkyl halides is 1. The molecule has 0 spiro atoms. The maximum atomic E-state index is 12.1. The molecule has 0 heterocycles. The van der Waals surface area contributed by atoms with Crippen molar-refractivity contribution < 1.29 is 19.0 Å². The number of hydrogen-bond donors (Lipinski definition) is 1. The monoisotopic (exact) mass is 378 g/mol. The van der Waals surface area contributed by atoms with Crippen molar-refractivity contribution in [2.24, 2.45) is 0 Å². The van der Waals surface area contributed by atoms with E-state index in [0.29, 0.717) is 13.0 Å². The molecule has 0 aliphatic carbocycles. The number of unbranched alkanes of at least 4 members (excludes halogenated alkanes) is 2. The second-order valence-electron chi connectivity index (χ2n) is 6.58. The molecule has 0 unspecified atom stereocenters. The third-order valence-corrected chi connectivity index (χ3v) is 4.58. The van der Waals surface area contributed by atoms with Gasteiger partial charge in [-0.25, -0.2) is 4.79 Å². The highest BCUT2D eigenvalue weighted by atomic mass is 19.1. The fourth-order valence-electron chi connectivity index (χ4n) is 2.97. The molecular formula is C24H23FO3. The second-order valence-corrected chi connectivity index (χ2v) is 6.58. The lowest BCUT2D eigenvalue weighted by Crippen LogP contribution is -1.97. The first-order chi connectivity index (χ1) is 13.7. The number of benzene rings is 3. The first-order valence-electron chi connectivity index (χ1n) is 9.40. The maximum absolute atomic E-state index is 12.1. The van der Waals surface area contributed by atoms with Crippen molar-refractivity contribution >= 4 is 5.97 Å². The Balaban J connectivity index is 1.62. The summed E-state index contributed by atoms with van der Waals surface area (Å²) in [5, 5.41) is 8.99. The van der Waals surface area contributed by atoms with E-state index in [4.69, 9.17) is 9.84 Å². The summed E-state index contributed by atoms with van der Waals surface area (Å²) in [5.41, 5.74) is 4.49. The molecular weight excluding hydrogens is 355 g/mol. The third-order valence-electron chi connectivity index (χ3n) is 4.58. The van der Waals surface area contributed by atoms with Gasteiger partial charge in [0.15, 0.2) is 0 Å². The summed E-state index contributed by atoms with van der Waals surface area (Å²) in [6, 6.07) is 23.0. The molecule has 0 amide bonds. The predicted molar refractivity (Wildman–Crippen MR) is 110 cm³/mol. The Morgan fingerprint density at radius 1 is 0.714 bits per heavy atom. The summed E-state index contributed by atoms with van der Waals surface area (Å²) < 4.78 is 17.7. The van der Waals surface area contributed by atoms with Crippen LogP contribution in [0.1, 0.15) is 29.6 Å². The number of rotatable bonds is 9. The van der Waals surface area contributed by atoms with Gasteiger partial charge in [0.1, 0.15) is 5.75 Å². The SMILES string of the molecule is O=C(O)c1ccc(-c2ccc(-c3ccc(OCCCCCF)cc3)cc2)cc1. The highest BCUT2D eigenvalue weighted by Gasteiger charge is 2.04. The molecule has 28 heavy (non-hydrogen) atoms. The number of hydrogen-bond acceptors (Lipinski definition) is 2. The Morgan fingerprint density at radius 2 is 1.18 bits per heavy atom. The first kappa shape index (κ1) is 19.6. The number of carboxylic acid groups (broad SMARTS) is 1. The van der Waals surface area contributed by atoms with Crippen molar-refractivity contribution in [3.63, 3.8) is 0 Å². The van der Waals surface area contributed by atoms with E-state index in [0.717, 1.165) is 40.8 Å². The summed E-state index contributed by atoms with van der Waals surface area (Å²) in [4.78, 5) is 11.0. The molecule has 0 atom stereocenters. The van der Waals surface area contributed by atoms with E-state index >= 15 is 0 Å². The van der Waals surface area contributed by atoms with Gasteiger partial charge < -0.3 is 9.84 Å². The van der Waals surface area contributed by atoms with Crippen LogP contribution < -0.4 is 4.74 Å². The molecule has 0 saturated carbocycles. The first-order valence-corrected chi connectivity index (χ1v) is 9.40. The van der Waals surface area contributed by atoms with Gasteiger partial charge in [0.2, 0.25) is 0 Å². The van der Waals surface area contributed by atoms with Crippen LogP contribution in [-0.4, -0.2) is 24.4 Å². The van der Waals surface area contributed by atoms with Gasteiger partial charge >= 0.3 is 5.97 Å². The van der Waals surface area contributed by atoms with Crippen LogP contribution in [0.25, 0.3) is 22.3 Å². The molecule has 0 fully saturated rings. The van der Waals surface area contributed by atoms with E-state index < -0.39 is 5.97 Å². The largest absolute Gasteiger partial charge is 0.494 e. The van der Waals surface area contributed by atoms with Gasteiger partial charge in [-0.05, 0) is 65.8 Å². The Kier molecular flexibility index (Phi) is 6.79. The van der Waals surface area contributed by atoms with E-state index in [1.165, 1.54) is 0 Å². The van der Waals surface area contributed by atoms with E-state index in [-0.39, 0.29) is 12.2 Å². The Bertz CT molecular complexity index is 885. The van der Waals surface area contributed by atoms with Crippen LogP contribution in [-0.2, 0) is 0 Å². The molecule has 1 N–H and O–H groups in total. The lowest BCUT2D eigenvalue weighted by Gasteiger charge is -2.08. The summed E-state index contributed by atoms with van der Waals surface area (Å²) in [6.07, 6.45) is 2.31. The summed E-state index contributed by atoms with van der Waals surface area (Å²) in [5.74, 6) is -0.103. The van der Waals surface area contributed by atoms with E-state index in [1.54, 1.807) is 12.1 Å². The molecule has 144 valence electrons. The molecule has 3 aromatic rings. The molecule has 0 aromatic heterocycles. The van der Waals surface area contributed by atoms with Gasteiger partial charge in [0, 0.05) is 0 Å². The van der Waals surface area contributed by atoms with Gasteiger partial charge in [-0.2, -0.15) is 0 Å². The Hall–Kier alpha value is -3.14. The smallest absolute Gasteiger partial charge is 0.335 e. The minimum Gasteiger partial charge on any atom is -0.494 e. The minimum atomic E-state index is -0.922. The number of ether oxygens (including phenoxy) is 1. The van der Waals surface area contributed by atoms with E-state index in [9.17, 15) is 9.18 Å². The molecule has 3 aromatic carbocycles. The summed E-state index contributed by atoms with van der Waals surface area (Å²) in [7, 11) is 0. The number of aromatic carboxylic acids is 1. The fourth-order valence-corrected chi connectivity index (χ4v) is 2.97. The van der Waals surface area contributed by atoms with Crippen molar-refractivity contribution in [3.05, 3.63) is 78.4 Å². The normalized spacial score (nSPS) is 10.6. The highest BCUT2D eigenvalue weighted by molar-refractivity contribution is 5.88. The third kappa shape index (κ3) is 5.19. The van der Waals surface area contributed by atoms with E-state index in [1.807, 2.05) is 60.7 Å². The van der Waals surface area contributed by atoms with Gasteiger partial charge in [0.05, 0.1) is 18.8 Å². The number of halogens is 1. The molecule has 0 saturated heterocycles. The van der Waals surface area contributed by atoms with Crippen LogP contribution in [0.4, 0.5) is 4.39 Å². The van der Waals surface area contributed by atoms with Crippen molar-refractivity contribution in [2.75, 3.05) is 13.3 Å². The highest BCUT2D eigenvalue weighted by Crippen LogP contribution is 2.26. The molecule has 4 heteroatoms. The van der Waals surface area contributed by atoms with Crippen LogP contribution in [0.5, 0.6) is 5.75 Å². The van der Waals surface area contributed by atoms with Crippen LogP contribution in [0.2, 0.25) is 0 Å².